The molecule has 0 spiro atoms. The highest BCUT2D eigenvalue weighted by Crippen LogP contribution is 2.24. The van der Waals surface area contributed by atoms with Crippen LogP contribution in [0, 0.1) is 12.8 Å². The first kappa shape index (κ1) is 19.9. The lowest BCUT2D eigenvalue weighted by molar-refractivity contribution is 0.0779. The minimum Gasteiger partial charge on any atom is -0.354 e. The molecule has 1 aromatic heterocycles. The molecule has 5 heteroatoms. The van der Waals surface area contributed by atoms with Gasteiger partial charge in [0.2, 0.25) is 5.95 Å². The number of nitrogens with zero attached hydrogens (tertiary/aromatic N) is 3. The summed E-state index contributed by atoms with van der Waals surface area (Å²) in [5.41, 5.74) is 3.30. The van der Waals surface area contributed by atoms with Gasteiger partial charge in [0.25, 0.3) is 5.91 Å². The van der Waals surface area contributed by atoms with E-state index in [4.69, 9.17) is 0 Å². The van der Waals surface area contributed by atoms with Crippen LogP contribution in [0.5, 0.6) is 0 Å². The number of anilines is 1. The van der Waals surface area contributed by atoms with Crippen LogP contribution in [0.15, 0.2) is 30.5 Å². The molecule has 0 unspecified atom stereocenters. The monoisotopic (exact) mass is 354 g/mol. The van der Waals surface area contributed by atoms with Crippen molar-refractivity contribution in [2.45, 2.75) is 40.5 Å². The molecule has 140 valence electrons. The lowest BCUT2D eigenvalue weighted by Gasteiger charge is -2.21. The zero-order valence-corrected chi connectivity index (χ0v) is 16.5. The number of aryl methyl sites for hydroxylation is 1. The maximum absolute atomic E-state index is 13.0. The van der Waals surface area contributed by atoms with Crippen molar-refractivity contribution in [3.63, 3.8) is 0 Å². The molecular formula is C21H30N4O. The van der Waals surface area contributed by atoms with Crippen LogP contribution in [0.2, 0.25) is 0 Å². The van der Waals surface area contributed by atoms with Crippen LogP contribution < -0.4 is 5.32 Å². The Hall–Kier alpha value is -2.43. The van der Waals surface area contributed by atoms with Crippen LogP contribution in [-0.4, -0.2) is 40.9 Å². The topological polar surface area (TPSA) is 58.1 Å². The van der Waals surface area contributed by atoms with Crippen LogP contribution in [0.25, 0.3) is 11.3 Å². The fourth-order valence-electron chi connectivity index (χ4n) is 2.85. The molecular weight excluding hydrogens is 324 g/mol. The molecule has 26 heavy (non-hydrogen) atoms. The zero-order valence-electron chi connectivity index (χ0n) is 16.5. The summed E-state index contributed by atoms with van der Waals surface area (Å²) in [4.78, 5) is 23.7. The van der Waals surface area contributed by atoms with E-state index < -0.39 is 0 Å². The Morgan fingerprint density at radius 2 is 2.08 bits per heavy atom. The van der Waals surface area contributed by atoms with E-state index in [9.17, 15) is 4.79 Å². The highest BCUT2D eigenvalue weighted by Gasteiger charge is 2.20. The fraction of sp³-hybridized carbons (Fsp3) is 0.476. The summed E-state index contributed by atoms with van der Waals surface area (Å²) < 4.78 is 0. The first-order valence-electron chi connectivity index (χ1n) is 9.35. The molecule has 1 N–H and O–H groups in total. The standard InChI is InChI=1S/C21H30N4O/c1-6-7-11-22-21-23-13-18(20(26)25(5)14-15(2)3)19(24-21)17-10-8-9-16(4)12-17/h8-10,12-13,15H,6-7,11,14H2,1-5H3,(H,22,23,24). The average molecular weight is 354 g/mol. The van der Waals surface area contributed by atoms with Gasteiger partial charge in [-0.05, 0) is 25.3 Å². The van der Waals surface area contributed by atoms with E-state index in [1.54, 1.807) is 11.1 Å². The highest BCUT2D eigenvalue weighted by atomic mass is 16.2. The van der Waals surface area contributed by atoms with Gasteiger partial charge in [-0.15, -0.1) is 0 Å². The molecule has 0 atom stereocenters. The van der Waals surface area contributed by atoms with Gasteiger partial charge in [-0.25, -0.2) is 9.97 Å². The first-order valence-corrected chi connectivity index (χ1v) is 9.35. The maximum Gasteiger partial charge on any atom is 0.257 e. The van der Waals surface area contributed by atoms with Gasteiger partial charge in [0.15, 0.2) is 0 Å². The number of nitrogens with one attached hydrogen (secondary N) is 1. The summed E-state index contributed by atoms with van der Waals surface area (Å²) in [6.45, 7) is 9.91. The Morgan fingerprint density at radius 3 is 2.73 bits per heavy atom. The van der Waals surface area contributed by atoms with Crippen LogP contribution >= 0.6 is 0 Å². The number of hydrogen-bond donors (Lipinski definition) is 1. The molecule has 1 aromatic carbocycles. The van der Waals surface area contributed by atoms with E-state index in [2.05, 4.69) is 42.1 Å². The smallest absolute Gasteiger partial charge is 0.257 e. The predicted molar refractivity (Wildman–Crippen MR) is 107 cm³/mol. The second kappa shape index (κ2) is 9.32. The minimum atomic E-state index is -0.0460. The molecule has 2 aromatic rings. The summed E-state index contributed by atoms with van der Waals surface area (Å²) in [6, 6.07) is 8.07. The Labute approximate surface area is 156 Å². The third-order valence-electron chi connectivity index (χ3n) is 4.11. The number of unbranched alkanes of at least 4 members (excludes halogenated alkanes) is 1. The van der Waals surface area contributed by atoms with E-state index in [0.717, 1.165) is 30.5 Å². The Bertz CT molecular complexity index is 743. The molecule has 0 bridgehead atoms. The molecule has 1 heterocycles. The SMILES string of the molecule is CCCCNc1ncc(C(=O)N(C)CC(C)C)c(-c2cccc(C)c2)n1. The molecule has 0 aliphatic rings. The molecule has 0 saturated carbocycles. The van der Waals surface area contributed by atoms with Crippen molar-refractivity contribution < 1.29 is 4.79 Å². The van der Waals surface area contributed by atoms with Crippen molar-refractivity contribution in [1.29, 1.82) is 0 Å². The third-order valence-corrected chi connectivity index (χ3v) is 4.11. The fourth-order valence-corrected chi connectivity index (χ4v) is 2.85. The van der Waals surface area contributed by atoms with Gasteiger partial charge in [0.05, 0.1) is 11.3 Å². The maximum atomic E-state index is 13.0. The molecule has 2 rings (SSSR count). The lowest BCUT2D eigenvalue weighted by atomic mass is 10.0. The number of aromatic nitrogens is 2. The van der Waals surface area contributed by atoms with E-state index in [0.29, 0.717) is 29.7 Å². The van der Waals surface area contributed by atoms with Crippen molar-refractivity contribution in [2.75, 3.05) is 25.5 Å². The number of rotatable bonds is 8. The quantitative estimate of drug-likeness (QED) is 0.714. The predicted octanol–water partition coefficient (Wildman–Crippen LogP) is 4.39. The van der Waals surface area contributed by atoms with Gasteiger partial charge in [0.1, 0.15) is 0 Å². The van der Waals surface area contributed by atoms with Crippen molar-refractivity contribution in [3.8, 4) is 11.3 Å². The first-order chi connectivity index (χ1) is 12.4. The summed E-state index contributed by atoms with van der Waals surface area (Å²) in [5, 5.41) is 3.25. The molecule has 0 fully saturated rings. The average Bonchev–Trinajstić information content (AvgIpc) is 2.60. The van der Waals surface area contributed by atoms with E-state index in [-0.39, 0.29) is 5.91 Å². The zero-order chi connectivity index (χ0) is 19.1. The summed E-state index contributed by atoms with van der Waals surface area (Å²) in [7, 11) is 1.83. The normalized spacial score (nSPS) is 10.8. The number of benzene rings is 1. The van der Waals surface area contributed by atoms with Gasteiger partial charge in [-0.1, -0.05) is 51.0 Å². The van der Waals surface area contributed by atoms with Crippen molar-refractivity contribution in [2.24, 2.45) is 5.92 Å². The van der Waals surface area contributed by atoms with E-state index in [1.807, 2.05) is 32.2 Å². The second-order valence-corrected chi connectivity index (χ2v) is 7.19. The molecule has 1 amide bonds. The number of amides is 1. The van der Waals surface area contributed by atoms with Crippen molar-refractivity contribution in [3.05, 3.63) is 41.6 Å². The van der Waals surface area contributed by atoms with Crippen LogP contribution in [0.3, 0.4) is 0 Å². The molecule has 0 saturated heterocycles. The lowest BCUT2D eigenvalue weighted by Crippen LogP contribution is -2.31. The van der Waals surface area contributed by atoms with E-state index in [1.165, 1.54) is 0 Å². The summed E-state index contributed by atoms with van der Waals surface area (Å²) >= 11 is 0. The number of hydrogen-bond acceptors (Lipinski definition) is 4. The molecule has 0 aliphatic heterocycles. The molecule has 0 aliphatic carbocycles. The van der Waals surface area contributed by atoms with Crippen molar-refractivity contribution in [1.82, 2.24) is 14.9 Å². The van der Waals surface area contributed by atoms with E-state index >= 15 is 0 Å². The van der Waals surface area contributed by atoms with Gasteiger partial charge in [-0.2, -0.15) is 0 Å². The van der Waals surface area contributed by atoms with Gasteiger partial charge in [-0.3, -0.25) is 4.79 Å². The summed E-state index contributed by atoms with van der Waals surface area (Å²) in [6.07, 6.45) is 3.81. The largest absolute Gasteiger partial charge is 0.354 e. The van der Waals surface area contributed by atoms with Crippen LogP contribution in [0.1, 0.15) is 49.5 Å². The molecule has 0 radical (unpaired) electrons. The Balaban J connectivity index is 2.41. The second-order valence-electron chi connectivity index (χ2n) is 7.19. The Morgan fingerprint density at radius 1 is 1.31 bits per heavy atom. The number of carbonyl (C=O) groups is 1. The minimum absolute atomic E-state index is 0.0460. The summed E-state index contributed by atoms with van der Waals surface area (Å²) in [5.74, 6) is 0.926. The highest BCUT2D eigenvalue weighted by molar-refractivity contribution is 5.99. The third kappa shape index (κ3) is 5.28. The van der Waals surface area contributed by atoms with Gasteiger partial charge < -0.3 is 10.2 Å². The van der Waals surface area contributed by atoms with Crippen LogP contribution in [-0.2, 0) is 0 Å². The number of carbonyl (C=O) groups excluding carboxylic acids is 1. The van der Waals surface area contributed by atoms with Gasteiger partial charge in [0, 0.05) is 31.9 Å². The van der Waals surface area contributed by atoms with Crippen LogP contribution in [0.4, 0.5) is 5.95 Å². The van der Waals surface area contributed by atoms with Crippen molar-refractivity contribution >= 4 is 11.9 Å². The van der Waals surface area contributed by atoms with Gasteiger partial charge >= 0.3 is 0 Å². The molecule has 5 nitrogen and oxygen atoms in total. The Kier molecular flexibility index (Phi) is 7.13.